The van der Waals surface area contributed by atoms with E-state index < -0.39 is 10.0 Å². The largest absolute Gasteiger partial charge is 0.309 e. The van der Waals surface area contributed by atoms with Crippen LogP contribution in [0.2, 0.25) is 0 Å². The molecule has 0 aliphatic carbocycles. The van der Waals surface area contributed by atoms with Gasteiger partial charge in [0.05, 0.1) is 4.90 Å². The number of carbonyl (C=O) groups excluding carboxylic acids is 1. The summed E-state index contributed by atoms with van der Waals surface area (Å²) in [5, 5.41) is 0. The van der Waals surface area contributed by atoms with Crippen molar-refractivity contribution < 1.29 is 13.2 Å². The minimum atomic E-state index is -3.41. The van der Waals surface area contributed by atoms with E-state index in [9.17, 15) is 13.2 Å². The van der Waals surface area contributed by atoms with Gasteiger partial charge in [-0.2, -0.15) is 4.31 Å². The molecule has 1 atom stereocenters. The normalized spacial score (nSPS) is 22.6. The number of sulfonamides is 1. The third-order valence-corrected chi connectivity index (χ3v) is 6.45. The van der Waals surface area contributed by atoms with Gasteiger partial charge < -0.3 is 4.90 Å². The second kappa shape index (κ2) is 5.66. The summed E-state index contributed by atoms with van der Waals surface area (Å²) in [5.41, 5.74) is 1.79. The minimum absolute atomic E-state index is 0.00196. The highest BCUT2D eigenvalue weighted by atomic mass is 32.2. The van der Waals surface area contributed by atoms with E-state index in [1.165, 1.54) is 0 Å². The lowest BCUT2D eigenvalue weighted by Gasteiger charge is -2.26. The third-order valence-electron chi connectivity index (χ3n) is 4.56. The highest BCUT2D eigenvalue weighted by Gasteiger charge is 2.32. The monoisotopic (exact) mass is 322 g/mol. The van der Waals surface area contributed by atoms with Crippen LogP contribution in [0.4, 0.5) is 5.69 Å². The highest BCUT2D eigenvalue weighted by molar-refractivity contribution is 7.89. The fraction of sp³-hybridized carbons (Fsp3) is 0.562. The fourth-order valence-corrected chi connectivity index (χ4v) is 5.07. The first-order valence-corrected chi connectivity index (χ1v) is 9.28. The Morgan fingerprint density at radius 2 is 1.86 bits per heavy atom. The number of anilines is 1. The Balaban J connectivity index is 1.95. The summed E-state index contributed by atoms with van der Waals surface area (Å²) in [7, 11) is -3.41. The number of fused-ring (bicyclic) bond motifs is 1. The van der Waals surface area contributed by atoms with Crippen molar-refractivity contribution >= 4 is 21.6 Å². The Kier molecular flexibility index (Phi) is 3.99. The number of carbonyl (C=O) groups is 1. The van der Waals surface area contributed by atoms with Gasteiger partial charge in [0, 0.05) is 31.7 Å². The molecule has 2 aliphatic rings. The number of amides is 1. The molecule has 0 unspecified atom stereocenters. The van der Waals surface area contributed by atoms with Crippen molar-refractivity contribution in [1.29, 1.82) is 0 Å². The van der Waals surface area contributed by atoms with Crippen LogP contribution in [0.15, 0.2) is 23.1 Å². The molecule has 2 aliphatic heterocycles. The Morgan fingerprint density at radius 3 is 2.50 bits per heavy atom. The number of hydrogen-bond donors (Lipinski definition) is 0. The zero-order valence-corrected chi connectivity index (χ0v) is 13.9. The Morgan fingerprint density at radius 1 is 1.18 bits per heavy atom. The van der Waals surface area contributed by atoms with Crippen LogP contribution in [-0.2, 0) is 21.2 Å². The van der Waals surface area contributed by atoms with Crippen molar-refractivity contribution in [1.82, 2.24) is 4.31 Å². The molecule has 1 amide bonds. The van der Waals surface area contributed by atoms with Crippen LogP contribution < -0.4 is 4.90 Å². The van der Waals surface area contributed by atoms with Gasteiger partial charge in [0.15, 0.2) is 0 Å². The van der Waals surface area contributed by atoms with E-state index >= 15 is 0 Å². The average molecular weight is 322 g/mol. The maximum atomic E-state index is 12.7. The first kappa shape index (κ1) is 15.5. The molecule has 1 saturated heterocycles. The van der Waals surface area contributed by atoms with Gasteiger partial charge in [0.25, 0.3) is 0 Å². The molecule has 0 saturated carbocycles. The Bertz CT molecular complexity index is 693. The van der Waals surface area contributed by atoms with Crippen molar-refractivity contribution in [2.24, 2.45) is 0 Å². The fourth-order valence-electron chi connectivity index (χ4n) is 3.50. The molecule has 1 aromatic carbocycles. The summed E-state index contributed by atoms with van der Waals surface area (Å²) < 4.78 is 27.0. The number of piperidine rings is 1. The maximum absolute atomic E-state index is 12.7. The van der Waals surface area contributed by atoms with E-state index in [0.717, 1.165) is 30.5 Å². The molecule has 120 valence electrons. The molecule has 2 heterocycles. The second-order valence-electron chi connectivity index (χ2n) is 6.20. The molecule has 0 spiro atoms. The predicted molar refractivity (Wildman–Crippen MR) is 85.4 cm³/mol. The van der Waals surface area contributed by atoms with Crippen LogP contribution in [-0.4, -0.2) is 37.8 Å². The lowest BCUT2D eigenvalue weighted by molar-refractivity contribution is -0.116. The van der Waals surface area contributed by atoms with Gasteiger partial charge in [0.2, 0.25) is 15.9 Å². The molecule has 0 aromatic heterocycles. The molecular weight excluding hydrogens is 300 g/mol. The summed E-state index contributed by atoms with van der Waals surface area (Å²) in [4.78, 5) is 13.8. The van der Waals surface area contributed by atoms with Crippen LogP contribution >= 0.6 is 0 Å². The zero-order chi connectivity index (χ0) is 15.9. The predicted octanol–water partition coefficient (Wildman–Crippen LogP) is 2.16. The van der Waals surface area contributed by atoms with Gasteiger partial charge in [-0.25, -0.2) is 8.42 Å². The molecule has 0 N–H and O–H groups in total. The molecular formula is C16H22N2O3S. The van der Waals surface area contributed by atoms with E-state index in [1.807, 2.05) is 6.92 Å². The molecule has 1 fully saturated rings. The van der Waals surface area contributed by atoms with Gasteiger partial charge in [-0.3, -0.25) is 4.79 Å². The number of benzene rings is 1. The van der Waals surface area contributed by atoms with Gasteiger partial charge in [-0.15, -0.1) is 0 Å². The van der Waals surface area contributed by atoms with Gasteiger partial charge in [0.1, 0.15) is 0 Å². The lowest BCUT2D eigenvalue weighted by Crippen LogP contribution is -2.35. The van der Waals surface area contributed by atoms with Gasteiger partial charge in [-0.05, 0) is 49.9 Å². The lowest BCUT2D eigenvalue weighted by atomic mass is 10.1. The van der Waals surface area contributed by atoms with Gasteiger partial charge >= 0.3 is 0 Å². The standard InChI is InChI=1S/C16H22N2O3S/c1-12-10-14-11-15(6-7-16(14)18(12)13(2)19)22(20,21)17-8-4-3-5-9-17/h6-7,11-12H,3-5,8-10H2,1-2H3/t12-/m0/s1. The summed E-state index contributed by atoms with van der Waals surface area (Å²) in [6.07, 6.45) is 3.66. The first-order chi connectivity index (χ1) is 10.4. The van der Waals surface area contributed by atoms with Crippen molar-refractivity contribution in [2.45, 2.75) is 50.5 Å². The summed E-state index contributed by atoms with van der Waals surface area (Å²) >= 11 is 0. The van der Waals surface area contributed by atoms with Crippen LogP contribution in [0, 0.1) is 0 Å². The molecule has 22 heavy (non-hydrogen) atoms. The molecule has 3 rings (SSSR count). The van der Waals surface area contributed by atoms with Crippen molar-refractivity contribution in [2.75, 3.05) is 18.0 Å². The van der Waals surface area contributed by atoms with E-state index in [2.05, 4.69) is 0 Å². The number of nitrogens with zero attached hydrogens (tertiary/aromatic N) is 2. The summed E-state index contributed by atoms with van der Waals surface area (Å²) in [6.45, 7) is 4.75. The molecule has 1 aromatic rings. The van der Waals surface area contributed by atoms with E-state index in [-0.39, 0.29) is 11.9 Å². The molecule has 6 heteroatoms. The van der Waals surface area contributed by atoms with Crippen LogP contribution in [0.3, 0.4) is 0 Å². The van der Waals surface area contributed by atoms with E-state index in [4.69, 9.17) is 0 Å². The van der Waals surface area contributed by atoms with Gasteiger partial charge in [-0.1, -0.05) is 6.42 Å². The van der Waals surface area contributed by atoms with Crippen LogP contribution in [0.25, 0.3) is 0 Å². The van der Waals surface area contributed by atoms with Crippen molar-refractivity contribution in [3.05, 3.63) is 23.8 Å². The molecule has 0 bridgehead atoms. The first-order valence-electron chi connectivity index (χ1n) is 7.84. The van der Waals surface area contributed by atoms with Crippen molar-refractivity contribution in [3.63, 3.8) is 0 Å². The Labute approximate surface area is 132 Å². The highest BCUT2D eigenvalue weighted by Crippen LogP contribution is 2.34. The zero-order valence-electron chi connectivity index (χ0n) is 13.1. The SMILES string of the molecule is CC(=O)N1c2ccc(S(=O)(=O)N3CCCCC3)cc2C[C@@H]1C. The quantitative estimate of drug-likeness (QED) is 0.838. The van der Waals surface area contributed by atoms with Crippen molar-refractivity contribution in [3.8, 4) is 0 Å². The smallest absolute Gasteiger partial charge is 0.243 e. The topological polar surface area (TPSA) is 57.7 Å². The molecule has 5 nitrogen and oxygen atoms in total. The van der Waals surface area contributed by atoms with E-state index in [0.29, 0.717) is 24.4 Å². The van der Waals surface area contributed by atoms with E-state index in [1.54, 1.807) is 34.3 Å². The average Bonchev–Trinajstić information content (AvgIpc) is 2.83. The van der Waals surface area contributed by atoms with Crippen LogP contribution in [0.1, 0.15) is 38.7 Å². The maximum Gasteiger partial charge on any atom is 0.243 e. The second-order valence-corrected chi connectivity index (χ2v) is 8.14. The Hall–Kier alpha value is -1.40. The van der Waals surface area contributed by atoms with Crippen LogP contribution in [0.5, 0.6) is 0 Å². The number of hydrogen-bond acceptors (Lipinski definition) is 3. The number of rotatable bonds is 2. The summed E-state index contributed by atoms with van der Waals surface area (Å²) in [6, 6.07) is 5.24. The minimum Gasteiger partial charge on any atom is -0.309 e. The molecule has 0 radical (unpaired) electrons. The third kappa shape index (κ3) is 2.54. The summed E-state index contributed by atoms with van der Waals surface area (Å²) in [5.74, 6) is -0.00196.